The Bertz CT molecular complexity index is 484. The molecule has 6 heteroatoms. The van der Waals surface area contributed by atoms with E-state index in [4.69, 9.17) is 15.0 Å². The van der Waals surface area contributed by atoms with Gasteiger partial charge in [0.25, 0.3) is 5.89 Å². The maximum absolute atomic E-state index is 5.77. The molecule has 2 N–H and O–H groups in total. The number of hydrogen-bond acceptors (Lipinski definition) is 6. The molecular formula is C11H14N4O2. The third-order valence-electron chi connectivity index (χ3n) is 2.26. The van der Waals surface area contributed by atoms with Gasteiger partial charge in [-0.2, -0.15) is 4.98 Å². The van der Waals surface area contributed by atoms with Gasteiger partial charge in [0.2, 0.25) is 0 Å². The van der Waals surface area contributed by atoms with Crippen molar-refractivity contribution in [2.45, 2.75) is 12.8 Å². The molecule has 2 aromatic heterocycles. The Balaban J connectivity index is 2.10. The zero-order valence-electron chi connectivity index (χ0n) is 9.59. The first-order chi connectivity index (χ1) is 8.31. The topological polar surface area (TPSA) is 87.1 Å². The fraction of sp³-hybridized carbons (Fsp3) is 0.364. The van der Waals surface area contributed by atoms with Crippen molar-refractivity contribution in [3.63, 3.8) is 0 Å². The van der Waals surface area contributed by atoms with Gasteiger partial charge in [-0.1, -0.05) is 5.16 Å². The molecule has 2 heterocycles. The maximum Gasteiger partial charge on any atom is 0.278 e. The number of rotatable bonds is 5. The highest BCUT2D eigenvalue weighted by Gasteiger charge is 2.12. The summed E-state index contributed by atoms with van der Waals surface area (Å²) in [6, 6.07) is 3.51. The highest BCUT2D eigenvalue weighted by atomic mass is 16.5. The first-order valence-corrected chi connectivity index (χ1v) is 5.33. The number of anilines is 1. The lowest BCUT2D eigenvalue weighted by molar-refractivity contribution is 0.194. The Morgan fingerprint density at radius 1 is 1.47 bits per heavy atom. The summed E-state index contributed by atoms with van der Waals surface area (Å²) in [6.07, 6.45) is 3.21. The number of nitrogen functional groups attached to an aromatic ring is 1. The van der Waals surface area contributed by atoms with Crippen LogP contribution < -0.4 is 5.73 Å². The SMILES string of the molecule is COCCCc1noc(-c2ncccc2N)n1. The molecule has 0 saturated heterocycles. The molecule has 0 fully saturated rings. The van der Waals surface area contributed by atoms with E-state index in [1.165, 1.54) is 0 Å². The molecule has 0 saturated carbocycles. The lowest BCUT2D eigenvalue weighted by atomic mass is 10.3. The summed E-state index contributed by atoms with van der Waals surface area (Å²) in [5, 5.41) is 3.87. The fourth-order valence-corrected chi connectivity index (χ4v) is 1.42. The van der Waals surface area contributed by atoms with Gasteiger partial charge in [-0.15, -0.1) is 0 Å². The van der Waals surface area contributed by atoms with E-state index in [2.05, 4.69) is 15.1 Å². The van der Waals surface area contributed by atoms with Crippen LogP contribution in [-0.4, -0.2) is 28.8 Å². The lowest BCUT2D eigenvalue weighted by Crippen LogP contribution is -1.95. The van der Waals surface area contributed by atoms with Crippen molar-refractivity contribution in [1.29, 1.82) is 0 Å². The number of nitrogens with zero attached hydrogens (tertiary/aromatic N) is 3. The van der Waals surface area contributed by atoms with Crippen molar-refractivity contribution in [1.82, 2.24) is 15.1 Å². The van der Waals surface area contributed by atoms with Crippen molar-refractivity contribution in [3.05, 3.63) is 24.2 Å². The van der Waals surface area contributed by atoms with E-state index < -0.39 is 0 Å². The van der Waals surface area contributed by atoms with Crippen LogP contribution in [-0.2, 0) is 11.2 Å². The van der Waals surface area contributed by atoms with Crippen LogP contribution in [0.25, 0.3) is 11.6 Å². The Morgan fingerprint density at radius 2 is 2.35 bits per heavy atom. The number of nitrogens with two attached hydrogens (primary N) is 1. The zero-order chi connectivity index (χ0) is 12.1. The number of pyridine rings is 1. The van der Waals surface area contributed by atoms with E-state index in [1.54, 1.807) is 25.4 Å². The molecule has 90 valence electrons. The summed E-state index contributed by atoms with van der Waals surface area (Å²) in [6.45, 7) is 0.676. The molecule has 2 rings (SSSR count). The minimum atomic E-state index is 0.357. The number of hydrogen-bond donors (Lipinski definition) is 1. The number of aryl methyl sites for hydroxylation is 1. The smallest absolute Gasteiger partial charge is 0.278 e. The zero-order valence-corrected chi connectivity index (χ0v) is 9.59. The highest BCUT2D eigenvalue weighted by Crippen LogP contribution is 2.20. The molecule has 0 atom stereocenters. The lowest BCUT2D eigenvalue weighted by Gasteiger charge is -1.96. The second-order valence-electron chi connectivity index (χ2n) is 3.55. The molecule has 0 aliphatic carbocycles. The van der Waals surface area contributed by atoms with E-state index in [-0.39, 0.29) is 0 Å². The van der Waals surface area contributed by atoms with Crippen LogP contribution in [0.5, 0.6) is 0 Å². The summed E-state index contributed by atoms with van der Waals surface area (Å²) in [5.74, 6) is 0.998. The summed E-state index contributed by atoms with van der Waals surface area (Å²) in [5.41, 5.74) is 6.83. The Labute approximate surface area is 98.8 Å². The molecule has 0 unspecified atom stereocenters. The average Bonchev–Trinajstić information content (AvgIpc) is 2.79. The van der Waals surface area contributed by atoms with Crippen LogP contribution in [0.15, 0.2) is 22.9 Å². The van der Waals surface area contributed by atoms with E-state index >= 15 is 0 Å². The normalized spacial score (nSPS) is 10.6. The minimum Gasteiger partial charge on any atom is -0.397 e. The standard InChI is InChI=1S/C11H14N4O2/c1-16-7-3-5-9-14-11(17-15-9)10-8(12)4-2-6-13-10/h2,4,6H,3,5,7,12H2,1H3. The van der Waals surface area contributed by atoms with Crippen molar-refractivity contribution in [3.8, 4) is 11.6 Å². The molecule has 0 radical (unpaired) electrons. The van der Waals surface area contributed by atoms with Crippen molar-refractivity contribution in [2.24, 2.45) is 0 Å². The van der Waals surface area contributed by atoms with Crippen LogP contribution >= 0.6 is 0 Å². The predicted molar refractivity (Wildman–Crippen MR) is 62.1 cm³/mol. The highest BCUT2D eigenvalue weighted by molar-refractivity contribution is 5.65. The van der Waals surface area contributed by atoms with E-state index in [1.807, 2.05) is 0 Å². The van der Waals surface area contributed by atoms with Crippen molar-refractivity contribution >= 4 is 5.69 Å². The Hall–Kier alpha value is -1.95. The molecule has 6 nitrogen and oxygen atoms in total. The quantitative estimate of drug-likeness (QED) is 0.784. The summed E-state index contributed by atoms with van der Waals surface area (Å²) in [7, 11) is 1.66. The largest absolute Gasteiger partial charge is 0.397 e. The second kappa shape index (κ2) is 5.40. The summed E-state index contributed by atoms with van der Waals surface area (Å²) in [4.78, 5) is 8.35. The first kappa shape index (κ1) is 11.5. The van der Waals surface area contributed by atoms with Gasteiger partial charge in [-0.3, -0.25) is 0 Å². The van der Waals surface area contributed by atoms with Crippen LogP contribution in [0, 0.1) is 0 Å². The van der Waals surface area contributed by atoms with Crippen molar-refractivity contribution in [2.75, 3.05) is 19.5 Å². The van der Waals surface area contributed by atoms with Crippen LogP contribution in [0.3, 0.4) is 0 Å². The van der Waals surface area contributed by atoms with Crippen LogP contribution in [0.4, 0.5) is 5.69 Å². The molecule has 0 aliphatic heterocycles. The van der Waals surface area contributed by atoms with Gasteiger partial charge in [0.05, 0.1) is 5.69 Å². The van der Waals surface area contributed by atoms with E-state index in [9.17, 15) is 0 Å². The van der Waals surface area contributed by atoms with Crippen molar-refractivity contribution < 1.29 is 9.26 Å². The number of ether oxygens (including phenoxy) is 1. The predicted octanol–water partition coefficient (Wildman–Crippen LogP) is 1.29. The fourth-order valence-electron chi connectivity index (χ4n) is 1.42. The van der Waals surface area contributed by atoms with E-state index in [0.717, 1.165) is 6.42 Å². The minimum absolute atomic E-state index is 0.357. The van der Waals surface area contributed by atoms with Gasteiger partial charge in [-0.05, 0) is 18.6 Å². The molecule has 0 aliphatic rings. The van der Waals surface area contributed by atoms with Gasteiger partial charge in [0, 0.05) is 26.3 Å². The molecule has 0 bridgehead atoms. The molecular weight excluding hydrogens is 220 g/mol. The molecule has 2 aromatic rings. The van der Waals surface area contributed by atoms with Gasteiger partial charge >= 0.3 is 0 Å². The number of aromatic nitrogens is 3. The Morgan fingerprint density at radius 3 is 3.12 bits per heavy atom. The second-order valence-corrected chi connectivity index (χ2v) is 3.55. The van der Waals surface area contributed by atoms with Gasteiger partial charge in [0.15, 0.2) is 11.5 Å². The summed E-state index contributed by atoms with van der Waals surface area (Å²) >= 11 is 0. The van der Waals surface area contributed by atoms with Gasteiger partial charge < -0.3 is 15.0 Å². The molecule has 17 heavy (non-hydrogen) atoms. The molecule has 0 aromatic carbocycles. The maximum atomic E-state index is 5.77. The Kier molecular flexibility index (Phi) is 3.66. The average molecular weight is 234 g/mol. The van der Waals surface area contributed by atoms with Crippen LogP contribution in [0.2, 0.25) is 0 Å². The van der Waals surface area contributed by atoms with Crippen LogP contribution in [0.1, 0.15) is 12.2 Å². The first-order valence-electron chi connectivity index (χ1n) is 5.33. The van der Waals surface area contributed by atoms with Gasteiger partial charge in [-0.25, -0.2) is 4.98 Å². The third kappa shape index (κ3) is 2.79. The molecule has 0 spiro atoms. The van der Waals surface area contributed by atoms with E-state index in [0.29, 0.717) is 36.1 Å². The summed E-state index contributed by atoms with van der Waals surface area (Å²) < 4.78 is 10.1. The third-order valence-corrected chi connectivity index (χ3v) is 2.26. The van der Waals surface area contributed by atoms with Gasteiger partial charge in [0.1, 0.15) is 0 Å². The monoisotopic (exact) mass is 234 g/mol. The molecule has 0 amide bonds. The number of methoxy groups -OCH3 is 1.